The molecule has 2 N–H and O–H groups in total. The molecule has 0 saturated heterocycles. The number of halogens is 1. The summed E-state index contributed by atoms with van der Waals surface area (Å²) in [6.45, 7) is 8.65. The Labute approximate surface area is 149 Å². The van der Waals surface area contributed by atoms with Crippen LogP contribution in [0.1, 0.15) is 12.5 Å². The maximum Gasteiger partial charge on any atom is 0.218 e. The Kier molecular flexibility index (Phi) is 12.5. The third-order valence-electron chi connectivity index (χ3n) is 2.54. The Morgan fingerprint density at radius 1 is 1.41 bits per heavy atom. The number of guanidine groups is 1. The second-order valence-electron chi connectivity index (χ2n) is 4.17. The van der Waals surface area contributed by atoms with Crippen molar-refractivity contribution in [1.82, 2.24) is 15.6 Å². The molecule has 7 heteroatoms. The van der Waals surface area contributed by atoms with E-state index in [4.69, 9.17) is 9.47 Å². The van der Waals surface area contributed by atoms with E-state index in [1.165, 1.54) is 0 Å². The van der Waals surface area contributed by atoms with Crippen LogP contribution in [0, 0.1) is 0 Å². The molecule has 0 bridgehead atoms. The minimum atomic E-state index is 0. The summed E-state index contributed by atoms with van der Waals surface area (Å²) >= 11 is 0. The second-order valence-corrected chi connectivity index (χ2v) is 4.17. The highest BCUT2D eigenvalue weighted by molar-refractivity contribution is 14.0. The largest absolute Gasteiger partial charge is 0.475 e. The number of hydrogen-bond donors (Lipinski definition) is 2. The van der Waals surface area contributed by atoms with Crippen LogP contribution in [0.5, 0.6) is 5.88 Å². The molecule has 124 valence electrons. The molecule has 1 aromatic rings. The van der Waals surface area contributed by atoms with Gasteiger partial charge in [-0.25, -0.2) is 9.98 Å². The van der Waals surface area contributed by atoms with Crippen LogP contribution in [-0.2, 0) is 11.3 Å². The molecule has 0 aromatic carbocycles. The SMILES string of the molecule is C=CCNC(=NCc1cccnc1OCCOC)NCC.I. The quantitative estimate of drug-likeness (QED) is 0.210. The van der Waals surface area contributed by atoms with Gasteiger partial charge in [0.05, 0.1) is 13.2 Å². The lowest BCUT2D eigenvalue weighted by Crippen LogP contribution is -2.37. The molecule has 1 rings (SSSR count). The lowest BCUT2D eigenvalue weighted by atomic mass is 10.3. The van der Waals surface area contributed by atoms with E-state index in [1.54, 1.807) is 19.4 Å². The maximum absolute atomic E-state index is 5.59. The number of rotatable bonds is 9. The van der Waals surface area contributed by atoms with Crippen molar-refractivity contribution < 1.29 is 9.47 Å². The van der Waals surface area contributed by atoms with Gasteiger partial charge < -0.3 is 20.1 Å². The molecule has 22 heavy (non-hydrogen) atoms. The first-order valence-electron chi connectivity index (χ1n) is 7.00. The van der Waals surface area contributed by atoms with E-state index >= 15 is 0 Å². The molecule has 0 aliphatic rings. The van der Waals surface area contributed by atoms with E-state index in [0.717, 1.165) is 18.1 Å². The van der Waals surface area contributed by atoms with E-state index in [9.17, 15) is 0 Å². The first kappa shape index (κ1) is 20.6. The third kappa shape index (κ3) is 8.18. The average Bonchev–Trinajstić information content (AvgIpc) is 2.51. The van der Waals surface area contributed by atoms with Crippen LogP contribution in [0.4, 0.5) is 0 Å². The van der Waals surface area contributed by atoms with Crippen LogP contribution in [0.15, 0.2) is 36.0 Å². The van der Waals surface area contributed by atoms with Crippen molar-refractivity contribution in [2.45, 2.75) is 13.5 Å². The predicted molar refractivity (Wildman–Crippen MR) is 100 cm³/mol. The lowest BCUT2D eigenvalue weighted by Gasteiger charge is -2.11. The van der Waals surface area contributed by atoms with Gasteiger partial charge in [0.15, 0.2) is 5.96 Å². The number of hydrogen-bond acceptors (Lipinski definition) is 4. The summed E-state index contributed by atoms with van der Waals surface area (Å²) in [5.41, 5.74) is 0.935. The highest BCUT2D eigenvalue weighted by Crippen LogP contribution is 2.15. The zero-order chi connectivity index (χ0) is 15.3. The van der Waals surface area contributed by atoms with Crippen LogP contribution in [0.25, 0.3) is 0 Å². The van der Waals surface area contributed by atoms with Crippen molar-refractivity contribution in [3.8, 4) is 5.88 Å². The zero-order valence-electron chi connectivity index (χ0n) is 13.2. The van der Waals surface area contributed by atoms with Crippen molar-refractivity contribution in [3.05, 3.63) is 36.5 Å². The second kappa shape index (κ2) is 13.3. The van der Waals surface area contributed by atoms with Gasteiger partial charge in [-0.05, 0) is 13.0 Å². The summed E-state index contributed by atoms with van der Waals surface area (Å²) in [6, 6.07) is 3.83. The van der Waals surface area contributed by atoms with E-state index in [2.05, 4.69) is 27.2 Å². The first-order valence-corrected chi connectivity index (χ1v) is 7.00. The Bertz CT molecular complexity index is 455. The van der Waals surface area contributed by atoms with Crippen molar-refractivity contribution in [2.24, 2.45) is 4.99 Å². The third-order valence-corrected chi connectivity index (χ3v) is 2.54. The van der Waals surface area contributed by atoms with E-state index < -0.39 is 0 Å². The Morgan fingerprint density at radius 3 is 2.91 bits per heavy atom. The summed E-state index contributed by atoms with van der Waals surface area (Å²) < 4.78 is 10.6. The van der Waals surface area contributed by atoms with Crippen LogP contribution >= 0.6 is 24.0 Å². The molecule has 0 atom stereocenters. The smallest absolute Gasteiger partial charge is 0.218 e. The number of aromatic nitrogens is 1. The Hall–Kier alpha value is -1.35. The Morgan fingerprint density at radius 2 is 2.23 bits per heavy atom. The van der Waals surface area contributed by atoms with Crippen molar-refractivity contribution in [2.75, 3.05) is 33.4 Å². The van der Waals surface area contributed by atoms with Gasteiger partial charge in [0.25, 0.3) is 0 Å². The van der Waals surface area contributed by atoms with E-state index in [0.29, 0.717) is 32.2 Å². The number of ether oxygens (including phenoxy) is 2. The Balaban J connectivity index is 0.00000441. The monoisotopic (exact) mass is 420 g/mol. The van der Waals surface area contributed by atoms with Crippen LogP contribution in [-0.4, -0.2) is 44.4 Å². The van der Waals surface area contributed by atoms with Crippen molar-refractivity contribution in [1.29, 1.82) is 0 Å². The number of nitrogens with one attached hydrogen (secondary N) is 2. The first-order chi connectivity index (χ1) is 10.3. The minimum Gasteiger partial charge on any atom is -0.475 e. The molecule has 1 aromatic heterocycles. The fourth-order valence-electron chi connectivity index (χ4n) is 1.57. The fourth-order valence-corrected chi connectivity index (χ4v) is 1.57. The molecule has 0 aliphatic carbocycles. The molecule has 0 saturated carbocycles. The normalized spacial score (nSPS) is 10.5. The van der Waals surface area contributed by atoms with Crippen molar-refractivity contribution >= 4 is 29.9 Å². The number of methoxy groups -OCH3 is 1. The van der Waals surface area contributed by atoms with Gasteiger partial charge in [0, 0.05) is 32.0 Å². The summed E-state index contributed by atoms with van der Waals surface area (Å²) in [7, 11) is 1.64. The molecular formula is C15H25IN4O2. The summed E-state index contributed by atoms with van der Waals surface area (Å²) in [5.74, 6) is 1.34. The molecule has 0 unspecified atom stereocenters. The number of pyridine rings is 1. The van der Waals surface area contributed by atoms with Crippen LogP contribution in [0.3, 0.4) is 0 Å². The summed E-state index contributed by atoms with van der Waals surface area (Å²) in [6.07, 6.45) is 3.49. The number of nitrogens with zero attached hydrogens (tertiary/aromatic N) is 2. The number of aliphatic imine (C=N–C) groups is 1. The topological polar surface area (TPSA) is 67.8 Å². The van der Waals surface area contributed by atoms with Gasteiger partial charge in [-0.1, -0.05) is 12.1 Å². The molecule has 0 fully saturated rings. The van der Waals surface area contributed by atoms with E-state index in [1.807, 2.05) is 19.1 Å². The minimum absolute atomic E-state index is 0. The molecule has 1 heterocycles. The summed E-state index contributed by atoms with van der Waals surface area (Å²) in [4.78, 5) is 8.74. The van der Waals surface area contributed by atoms with Crippen LogP contribution in [0.2, 0.25) is 0 Å². The highest BCUT2D eigenvalue weighted by atomic mass is 127. The molecule has 0 spiro atoms. The van der Waals surface area contributed by atoms with Gasteiger partial charge in [-0.15, -0.1) is 30.6 Å². The van der Waals surface area contributed by atoms with Gasteiger partial charge in [0.1, 0.15) is 6.61 Å². The van der Waals surface area contributed by atoms with Gasteiger partial charge in [-0.3, -0.25) is 0 Å². The maximum atomic E-state index is 5.59. The zero-order valence-corrected chi connectivity index (χ0v) is 15.5. The highest BCUT2D eigenvalue weighted by Gasteiger charge is 2.04. The van der Waals surface area contributed by atoms with E-state index in [-0.39, 0.29) is 24.0 Å². The molecule has 0 aliphatic heterocycles. The molecule has 6 nitrogen and oxygen atoms in total. The standard InChI is InChI=1S/C15H24N4O2.HI/c1-4-8-18-15(16-5-2)19-12-13-7-6-9-17-14(13)21-11-10-20-3;/h4,6-7,9H,1,5,8,10-12H2,2-3H3,(H2,16,18,19);1H. The molecule has 0 radical (unpaired) electrons. The van der Waals surface area contributed by atoms with Gasteiger partial charge in [0.2, 0.25) is 5.88 Å². The fraction of sp³-hybridized carbons (Fsp3) is 0.467. The predicted octanol–water partition coefficient (Wildman–Crippen LogP) is 1.97. The average molecular weight is 420 g/mol. The molecule has 0 amide bonds. The van der Waals surface area contributed by atoms with Gasteiger partial charge >= 0.3 is 0 Å². The van der Waals surface area contributed by atoms with Gasteiger partial charge in [-0.2, -0.15) is 0 Å². The summed E-state index contributed by atoms with van der Waals surface area (Å²) in [5, 5.41) is 6.32. The molecular weight excluding hydrogens is 395 g/mol. The van der Waals surface area contributed by atoms with Crippen LogP contribution < -0.4 is 15.4 Å². The van der Waals surface area contributed by atoms with Crippen molar-refractivity contribution in [3.63, 3.8) is 0 Å². The lowest BCUT2D eigenvalue weighted by molar-refractivity contribution is 0.143.